The Morgan fingerprint density at radius 3 is 2.38 bits per heavy atom. The van der Waals surface area contributed by atoms with Gasteiger partial charge in [-0.05, 0) is 13.3 Å². The number of carbonyl (C=O) groups excluding carboxylic acids is 1. The highest BCUT2D eigenvalue weighted by Crippen LogP contribution is 2.11. The molecule has 0 aromatic carbocycles. The van der Waals surface area contributed by atoms with Crippen LogP contribution in [0.1, 0.15) is 46.0 Å². The van der Waals surface area contributed by atoms with Crippen molar-refractivity contribution in [1.82, 2.24) is 0 Å². The number of amides is 1. The van der Waals surface area contributed by atoms with Gasteiger partial charge in [-0.15, -0.1) is 0 Å². The fourth-order valence-electron chi connectivity index (χ4n) is 1.05. The van der Waals surface area contributed by atoms with Crippen LogP contribution in [0.25, 0.3) is 0 Å². The standard InChI is InChI=1S/C10H19NO2/c1-3-4-5-6-7-9(12)8(2)10(11)13/h12H,3-7H2,1-2H3,(H2,11,13). The lowest BCUT2D eigenvalue weighted by Gasteiger charge is -2.02. The summed E-state index contributed by atoms with van der Waals surface area (Å²) in [6.45, 7) is 3.68. The fourth-order valence-corrected chi connectivity index (χ4v) is 1.05. The zero-order chi connectivity index (χ0) is 10.3. The summed E-state index contributed by atoms with van der Waals surface area (Å²) in [4.78, 5) is 10.6. The molecule has 0 heterocycles. The second-order valence-electron chi connectivity index (χ2n) is 3.25. The summed E-state index contributed by atoms with van der Waals surface area (Å²) >= 11 is 0. The van der Waals surface area contributed by atoms with Gasteiger partial charge in [0.2, 0.25) is 5.91 Å². The highest BCUT2D eigenvalue weighted by atomic mass is 16.3. The quantitative estimate of drug-likeness (QED) is 0.379. The number of primary amides is 1. The van der Waals surface area contributed by atoms with E-state index in [2.05, 4.69) is 6.92 Å². The molecule has 0 unspecified atom stereocenters. The van der Waals surface area contributed by atoms with Crippen LogP contribution in [0.5, 0.6) is 0 Å². The van der Waals surface area contributed by atoms with Gasteiger partial charge in [-0.3, -0.25) is 4.79 Å². The van der Waals surface area contributed by atoms with E-state index in [0.29, 0.717) is 6.42 Å². The van der Waals surface area contributed by atoms with Crippen molar-refractivity contribution >= 4 is 5.91 Å². The van der Waals surface area contributed by atoms with Gasteiger partial charge >= 0.3 is 0 Å². The molecule has 0 saturated carbocycles. The van der Waals surface area contributed by atoms with Gasteiger partial charge < -0.3 is 10.8 Å². The number of aliphatic hydroxyl groups is 1. The van der Waals surface area contributed by atoms with Gasteiger partial charge in [-0.1, -0.05) is 26.2 Å². The Labute approximate surface area is 79.6 Å². The molecular formula is C10H19NO2. The Hall–Kier alpha value is -0.990. The molecule has 3 nitrogen and oxygen atoms in total. The molecule has 1 amide bonds. The lowest BCUT2D eigenvalue weighted by Crippen LogP contribution is -2.13. The predicted molar refractivity (Wildman–Crippen MR) is 53.3 cm³/mol. The van der Waals surface area contributed by atoms with Gasteiger partial charge in [-0.2, -0.15) is 0 Å². The molecule has 0 spiro atoms. The maximum atomic E-state index is 10.6. The average Bonchev–Trinajstić information content (AvgIpc) is 2.10. The number of aliphatic hydroxyl groups excluding tert-OH is 1. The normalized spacial score (nSPS) is 12.5. The fraction of sp³-hybridized carbons (Fsp3) is 0.700. The maximum Gasteiger partial charge on any atom is 0.247 e. The summed E-state index contributed by atoms with van der Waals surface area (Å²) in [5.41, 5.74) is 5.30. The number of hydrogen-bond donors (Lipinski definition) is 2. The van der Waals surface area contributed by atoms with Crippen LogP contribution < -0.4 is 5.73 Å². The zero-order valence-corrected chi connectivity index (χ0v) is 8.47. The minimum absolute atomic E-state index is 0.142. The average molecular weight is 185 g/mol. The van der Waals surface area contributed by atoms with Crippen molar-refractivity contribution < 1.29 is 9.90 Å². The monoisotopic (exact) mass is 185 g/mol. The number of carbonyl (C=O) groups is 1. The Morgan fingerprint density at radius 1 is 1.31 bits per heavy atom. The number of nitrogens with two attached hydrogens (primary N) is 1. The van der Waals surface area contributed by atoms with Crippen LogP contribution in [-0.2, 0) is 4.79 Å². The van der Waals surface area contributed by atoms with Gasteiger partial charge in [0.15, 0.2) is 0 Å². The SMILES string of the molecule is CCCCCCC(O)=C(C)C(N)=O. The third-order valence-electron chi connectivity index (χ3n) is 2.07. The zero-order valence-electron chi connectivity index (χ0n) is 8.47. The van der Waals surface area contributed by atoms with Crippen LogP contribution in [0, 0.1) is 0 Å². The molecular weight excluding hydrogens is 166 g/mol. The van der Waals surface area contributed by atoms with Crippen LogP contribution in [0.4, 0.5) is 0 Å². The van der Waals surface area contributed by atoms with Crippen LogP contribution in [-0.4, -0.2) is 11.0 Å². The molecule has 0 rings (SSSR count). The molecule has 0 aliphatic carbocycles. The highest BCUT2D eigenvalue weighted by molar-refractivity contribution is 5.91. The van der Waals surface area contributed by atoms with Crippen LogP contribution in [0.3, 0.4) is 0 Å². The molecule has 13 heavy (non-hydrogen) atoms. The summed E-state index contributed by atoms with van der Waals surface area (Å²) in [6.07, 6.45) is 4.91. The van der Waals surface area contributed by atoms with E-state index in [1.165, 1.54) is 12.8 Å². The van der Waals surface area contributed by atoms with E-state index >= 15 is 0 Å². The number of unbranched alkanes of at least 4 members (excludes halogenated alkanes) is 3. The minimum atomic E-state index is -0.534. The lowest BCUT2D eigenvalue weighted by molar-refractivity contribution is -0.114. The van der Waals surface area contributed by atoms with E-state index in [1.807, 2.05) is 0 Å². The summed E-state index contributed by atoms with van der Waals surface area (Å²) in [7, 11) is 0. The second kappa shape index (κ2) is 6.52. The Kier molecular flexibility index (Phi) is 6.02. The first kappa shape index (κ1) is 12.0. The summed E-state index contributed by atoms with van der Waals surface area (Å²) in [6, 6.07) is 0. The van der Waals surface area contributed by atoms with Crippen LogP contribution >= 0.6 is 0 Å². The topological polar surface area (TPSA) is 63.3 Å². The smallest absolute Gasteiger partial charge is 0.247 e. The molecule has 0 fully saturated rings. The van der Waals surface area contributed by atoms with E-state index in [4.69, 9.17) is 5.73 Å². The predicted octanol–water partition coefficient (Wildman–Crippen LogP) is 2.27. The van der Waals surface area contributed by atoms with E-state index in [-0.39, 0.29) is 11.3 Å². The third-order valence-corrected chi connectivity index (χ3v) is 2.07. The van der Waals surface area contributed by atoms with Gasteiger partial charge in [0, 0.05) is 6.42 Å². The number of rotatable bonds is 6. The van der Waals surface area contributed by atoms with Crippen molar-refractivity contribution in [3.63, 3.8) is 0 Å². The van der Waals surface area contributed by atoms with Crippen molar-refractivity contribution in [2.75, 3.05) is 0 Å². The van der Waals surface area contributed by atoms with Crippen molar-refractivity contribution in [3.8, 4) is 0 Å². The molecule has 3 N–H and O–H groups in total. The van der Waals surface area contributed by atoms with Crippen LogP contribution in [0.15, 0.2) is 11.3 Å². The molecule has 0 bridgehead atoms. The summed E-state index contributed by atoms with van der Waals surface area (Å²) in [5.74, 6) is -0.392. The summed E-state index contributed by atoms with van der Waals surface area (Å²) in [5, 5.41) is 9.37. The molecule has 0 aliphatic rings. The molecule has 76 valence electrons. The first-order chi connectivity index (χ1) is 6.09. The maximum absolute atomic E-state index is 10.6. The van der Waals surface area contributed by atoms with Gasteiger partial charge in [0.1, 0.15) is 5.76 Å². The number of allylic oxidation sites excluding steroid dienone is 1. The lowest BCUT2D eigenvalue weighted by atomic mass is 10.1. The molecule has 0 saturated heterocycles. The van der Waals surface area contributed by atoms with E-state index in [0.717, 1.165) is 12.8 Å². The van der Waals surface area contributed by atoms with E-state index < -0.39 is 5.91 Å². The van der Waals surface area contributed by atoms with Crippen molar-refractivity contribution in [1.29, 1.82) is 0 Å². The molecule has 0 aromatic heterocycles. The third kappa shape index (κ3) is 5.28. The second-order valence-corrected chi connectivity index (χ2v) is 3.25. The van der Waals surface area contributed by atoms with Crippen molar-refractivity contribution in [2.45, 2.75) is 46.0 Å². The van der Waals surface area contributed by atoms with Gasteiger partial charge in [0.25, 0.3) is 0 Å². The molecule has 0 atom stereocenters. The van der Waals surface area contributed by atoms with Crippen molar-refractivity contribution in [3.05, 3.63) is 11.3 Å². The summed E-state index contributed by atoms with van der Waals surface area (Å²) < 4.78 is 0. The van der Waals surface area contributed by atoms with E-state index in [1.54, 1.807) is 6.92 Å². The minimum Gasteiger partial charge on any atom is -0.512 e. The molecule has 0 aliphatic heterocycles. The van der Waals surface area contributed by atoms with Gasteiger partial charge in [-0.25, -0.2) is 0 Å². The highest BCUT2D eigenvalue weighted by Gasteiger charge is 2.04. The Morgan fingerprint density at radius 2 is 1.92 bits per heavy atom. The van der Waals surface area contributed by atoms with E-state index in [9.17, 15) is 9.90 Å². The Balaban J connectivity index is 3.79. The van der Waals surface area contributed by atoms with Crippen molar-refractivity contribution in [2.24, 2.45) is 5.73 Å². The molecule has 0 aromatic rings. The molecule has 0 radical (unpaired) electrons. The van der Waals surface area contributed by atoms with Gasteiger partial charge in [0.05, 0.1) is 5.57 Å². The Bertz CT molecular complexity index is 197. The largest absolute Gasteiger partial charge is 0.512 e. The van der Waals surface area contributed by atoms with Crippen LogP contribution in [0.2, 0.25) is 0 Å². The first-order valence-corrected chi connectivity index (χ1v) is 4.78. The number of hydrogen-bond acceptors (Lipinski definition) is 2. The molecule has 3 heteroatoms. The first-order valence-electron chi connectivity index (χ1n) is 4.78.